The number of nitrogens with two attached hydrogens (primary N) is 1. The molecule has 5 heteroatoms. The standard InChI is InChI=1S/C16H30N4O/c1-6-16(7-2)8-9-20(11-16)13(10-17)14-12(3)18-19(4)15(14)21-5/h13H,6-11,17H2,1-5H3. The van der Waals surface area contributed by atoms with Crippen molar-refractivity contribution in [3.05, 3.63) is 11.3 Å². The van der Waals surface area contributed by atoms with Gasteiger partial charge in [0.2, 0.25) is 5.88 Å². The van der Waals surface area contributed by atoms with Crippen LogP contribution in [0.15, 0.2) is 0 Å². The van der Waals surface area contributed by atoms with Crippen molar-refractivity contribution in [2.24, 2.45) is 18.2 Å². The van der Waals surface area contributed by atoms with Crippen LogP contribution in [0.2, 0.25) is 0 Å². The van der Waals surface area contributed by atoms with Gasteiger partial charge in [0.25, 0.3) is 0 Å². The normalized spacial score (nSPS) is 19.9. The SMILES string of the molecule is CCC1(CC)CCN(C(CN)c2c(C)nn(C)c2OC)C1. The Hall–Kier alpha value is -1.07. The smallest absolute Gasteiger partial charge is 0.216 e. The number of nitrogens with zero attached hydrogens (tertiary/aromatic N) is 3. The molecule has 5 nitrogen and oxygen atoms in total. The third-order valence-corrected chi connectivity index (χ3v) is 5.37. The van der Waals surface area contributed by atoms with Gasteiger partial charge in [-0.2, -0.15) is 5.10 Å². The van der Waals surface area contributed by atoms with Crippen molar-refractivity contribution in [2.75, 3.05) is 26.7 Å². The van der Waals surface area contributed by atoms with Crippen molar-refractivity contribution in [2.45, 2.75) is 46.1 Å². The minimum atomic E-state index is 0.202. The maximum absolute atomic E-state index is 6.12. The molecule has 1 aromatic rings. The van der Waals surface area contributed by atoms with Gasteiger partial charge >= 0.3 is 0 Å². The molecule has 1 unspecified atom stereocenters. The fourth-order valence-electron chi connectivity index (χ4n) is 3.79. The lowest BCUT2D eigenvalue weighted by molar-refractivity contribution is 0.194. The lowest BCUT2D eigenvalue weighted by Crippen LogP contribution is -2.34. The van der Waals surface area contributed by atoms with Crippen molar-refractivity contribution in [3.8, 4) is 5.88 Å². The zero-order valence-corrected chi connectivity index (χ0v) is 14.1. The maximum Gasteiger partial charge on any atom is 0.216 e. The average molecular weight is 294 g/mol. The van der Waals surface area contributed by atoms with Crippen LogP contribution in [-0.4, -0.2) is 41.4 Å². The summed E-state index contributed by atoms with van der Waals surface area (Å²) >= 11 is 0. The second-order valence-electron chi connectivity index (χ2n) is 6.31. The Balaban J connectivity index is 2.30. The molecular formula is C16H30N4O. The fraction of sp³-hybridized carbons (Fsp3) is 0.812. The summed E-state index contributed by atoms with van der Waals surface area (Å²) < 4.78 is 7.38. The number of hydrogen-bond acceptors (Lipinski definition) is 4. The van der Waals surface area contributed by atoms with Gasteiger partial charge in [-0.3, -0.25) is 4.90 Å². The molecule has 0 amide bonds. The third-order valence-electron chi connectivity index (χ3n) is 5.37. The Bertz CT molecular complexity index is 479. The Morgan fingerprint density at radius 1 is 1.38 bits per heavy atom. The number of ether oxygens (including phenoxy) is 1. The number of aromatic nitrogens is 2. The molecule has 0 spiro atoms. The Labute approximate surface area is 128 Å². The Morgan fingerprint density at radius 3 is 2.52 bits per heavy atom. The summed E-state index contributed by atoms with van der Waals surface area (Å²) in [5.74, 6) is 0.841. The number of methoxy groups -OCH3 is 1. The molecule has 0 bridgehead atoms. The summed E-state index contributed by atoms with van der Waals surface area (Å²) in [6, 6.07) is 0.202. The van der Waals surface area contributed by atoms with Gasteiger partial charge in [0.05, 0.1) is 24.4 Å². The molecule has 0 radical (unpaired) electrons. The first-order valence-corrected chi connectivity index (χ1v) is 8.03. The highest BCUT2D eigenvalue weighted by Crippen LogP contribution is 2.42. The van der Waals surface area contributed by atoms with E-state index in [0.717, 1.165) is 30.2 Å². The third kappa shape index (κ3) is 2.81. The quantitative estimate of drug-likeness (QED) is 0.874. The summed E-state index contributed by atoms with van der Waals surface area (Å²) in [5, 5.41) is 4.51. The van der Waals surface area contributed by atoms with Gasteiger partial charge in [-0.15, -0.1) is 0 Å². The molecule has 1 aliphatic heterocycles. The zero-order valence-electron chi connectivity index (χ0n) is 14.1. The largest absolute Gasteiger partial charge is 0.481 e. The van der Waals surface area contributed by atoms with Crippen molar-refractivity contribution in [1.29, 1.82) is 0 Å². The van der Waals surface area contributed by atoms with E-state index >= 15 is 0 Å². The number of hydrogen-bond donors (Lipinski definition) is 1. The minimum absolute atomic E-state index is 0.202. The van der Waals surface area contributed by atoms with Gasteiger partial charge in [-0.25, -0.2) is 4.68 Å². The van der Waals surface area contributed by atoms with Crippen molar-refractivity contribution in [1.82, 2.24) is 14.7 Å². The van der Waals surface area contributed by atoms with Crippen LogP contribution in [0, 0.1) is 12.3 Å². The molecule has 2 rings (SSSR count). The van der Waals surface area contributed by atoms with Crippen LogP contribution in [-0.2, 0) is 7.05 Å². The van der Waals surface area contributed by atoms with Gasteiger partial charge in [-0.1, -0.05) is 13.8 Å². The number of likely N-dealkylation sites (tertiary alicyclic amines) is 1. The predicted molar refractivity (Wildman–Crippen MR) is 85.5 cm³/mol. The van der Waals surface area contributed by atoms with E-state index in [-0.39, 0.29) is 6.04 Å². The monoisotopic (exact) mass is 294 g/mol. The maximum atomic E-state index is 6.12. The van der Waals surface area contributed by atoms with Crippen LogP contribution in [0.25, 0.3) is 0 Å². The lowest BCUT2D eigenvalue weighted by Gasteiger charge is -2.31. The predicted octanol–water partition coefficient (Wildman–Crippen LogP) is 2.25. The summed E-state index contributed by atoms with van der Waals surface area (Å²) in [6.45, 7) is 9.50. The van der Waals surface area contributed by atoms with Crippen LogP contribution in [0.3, 0.4) is 0 Å². The highest BCUT2D eigenvalue weighted by molar-refractivity contribution is 5.35. The van der Waals surface area contributed by atoms with E-state index in [1.54, 1.807) is 7.11 Å². The summed E-state index contributed by atoms with van der Waals surface area (Å²) in [6.07, 6.45) is 3.74. The molecular weight excluding hydrogens is 264 g/mol. The van der Waals surface area contributed by atoms with Crippen LogP contribution >= 0.6 is 0 Å². The molecule has 21 heavy (non-hydrogen) atoms. The Kier molecular flexibility index (Phi) is 4.94. The highest BCUT2D eigenvalue weighted by atomic mass is 16.5. The van der Waals surface area contributed by atoms with E-state index in [0.29, 0.717) is 12.0 Å². The van der Waals surface area contributed by atoms with Crippen LogP contribution in [0.4, 0.5) is 0 Å². The van der Waals surface area contributed by atoms with E-state index in [2.05, 4.69) is 23.8 Å². The molecule has 1 saturated heterocycles. The van der Waals surface area contributed by atoms with E-state index < -0.39 is 0 Å². The number of aryl methyl sites for hydroxylation is 2. The lowest BCUT2D eigenvalue weighted by atomic mass is 9.82. The molecule has 120 valence electrons. The van der Waals surface area contributed by atoms with Gasteiger partial charge in [-0.05, 0) is 38.1 Å². The average Bonchev–Trinajstić information content (AvgIpc) is 3.03. The fourth-order valence-corrected chi connectivity index (χ4v) is 3.79. The van der Waals surface area contributed by atoms with E-state index in [1.807, 2.05) is 18.7 Å². The molecule has 0 saturated carbocycles. The molecule has 1 aliphatic rings. The summed E-state index contributed by atoms with van der Waals surface area (Å²) in [5.41, 5.74) is 8.76. The first-order valence-electron chi connectivity index (χ1n) is 8.03. The van der Waals surface area contributed by atoms with Crippen LogP contribution < -0.4 is 10.5 Å². The van der Waals surface area contributed by atoms with Crippen LogP contribution in [0.1, 0.15) is 50.4 Å². The van der Waals surface area contributed by atoms with Crippen LogP contribution in [0.5, 0.6) is 5.88 Å². The van der Waals surface area contributed by atoms with Gasteiger partial charge in [0.15, 0.2) is 0 Å². The number of rotatable bonds is 6. The molecule has 2 heterocycles. The molecule has 1 aromatic heterocycles. The highest BCUT2D eigenvalue weighted by Gasteiger charge is 2.39. The van der Waals surface area contributed by atoms with E-state index in [9.17, 15) is 0 Å². The van der Waals surface area contributed by atoms with Gasteiger partial charge in [0.1, 0.15) is 0 Å². The van der Waals surface area contributed by atoms with Gasteiger partial charge < -0.3 is 10.5 Å². The van der Waals surface area contributed by atoms with Crippen molar-refractivity contribution < 1.29 is 4.74 Å². The second kappa shape index (κ2) is 6.36. The molecule has 2 N–H and O–H groups in total. The summed E-state index contributed by atoms with van der Waals surface area (Å²) in [7, 11) is 3.63. The van der Waals surface area contributed by atoms with Gasteiger partial charge in [0, 0.05) is 20.1 Å². The van der Waals surface area contributed by atoms with E-state index in [1.165, 1.54) is 19.3 Å². The zero-order chi connectivity index (χ0) is 15.6. The Morgan fingerprint density at radius 2 is 2.05 bits per heavy atom. The molecule has 0 aromatic carbocycles. The first kappa shape index (κ1) is 16.3. The van der Waals surface area contributed by atoms with Crippen molar-refractivity contribution in [3.63, 3.8) is 0 Å². The topological polar surface area (TPSA) is 56.3 Å². The van der Waals surface area contributed by atoms with Crippen molar-refractivity contribution >= 4 is 0 Å². The first-order chi connectivity index (χ1) is 10.0. The molecule has 1 atom stereocenters. The minimum Gasteiger partial charge on any atom is -0.481 e. The molecule has 0 aliphatic carbocycles. The van der Waals surface area contributed by atoms with E-state index in [4.69, 9.17) is 10.5 Å². The summed E-state index contributed by atoms with van der Waals surface area (Å²) in [4.78, 5) is 2.53. The molecule has 1 fully saturated rings. The second-order valence-corrected chi connectivity index (χ2v) is 6.31.